The summed E-state index contributed by atoms with van der Waals surface area (Å²) in [4.78, 5) is 0. The van der Waals surface area contributed by atoms with Crippen molar-refractivity contribution in [2.75, 3.05) is 7.05 Å². The lowest BCUT2D eigenvalue weighted by molar-refractivity contribution is 0.455. The first kappa shape index (κ1) is 14.6. The highest BCUT2D eigenvalue weighted by atomic mass is 16.5. The van der Waals surface area contributed by atoms with E-state index in [-0.39, 0.29) is 0 Å². The molecular weight excluding hydrogens is 250 g/mol. The summed E-state index contributed by atoms with van der Waals surface area (Å²) in [5.74, 6) is 1.66. The molecule has 0 saturated heterocycles. The van der Waals surface area contributed by atoms with Gasteiger partial charge >= 0.3 is 0 Å². The number of hydrogen-bond acceptors (Lipinski definition) is 3. The lowest BCUT2D eigenvalue weighted by Crippen LogP contribution is -2.15. The number of nitrogens with zero attached hydrogens (tertiary/aromatic N) is 2. The third kappa shape index (κ3) is 3.20. The third-order valence-corrected chi connectivity index (χ3v) is 3.39. The van der Waals surface area contributed by atoms with E-state index < -0.39 is 0 Å². The van der Waals surface area contributed by atoms with Crippen LogP contribution in [0.4, 0.5) is 0 Å². The van der Waals surface area contributed by atoms with Crippen LogP contribution in [0.25, 0.3) is 0 Å². The predicted octanol–water partition coefficient (Wildman–Crippen LogP) is 3.93. The zero-order valence-electron chi connectivity index (χ0n) is 12.6. The zero-order chi connectivity index (χ0) is 14.5. The number of hydrogen-bond donors (Lipinski definition) is 1. The van der Waals surface area contributed by atoms with E-state index in [1.165, 1.54) is 5.56 Å². The van der Waals surface area contributed by atoms with Crippen LogP contribution in [0.15, 0.2) is 36.7 Å². The Hall–Kier alpha value is -1.81. The van der Waals surface area contributed by atoms with Crippen LogP contribution in [-0.2, 0) is 0 Å². The highest BCUT2D eigenvalue weighted by molar-refractivity contribution is 5.38. The average Bonchev–Trinajstić information content (AvgIpc) is 2.91. The van der Waals surface area contributed by atoms with Gasteiger partial charge < -0.3 is 10.1 Å². The van der Waals surface area contributed by atoms with E-state index in [1.54, 1.807) is 6.20 Å². The van der Waals surface area contributed by atoms with Crippen LogP contribution in [0.3, 0.4) is 0 Å². The van der Waals surface area contributed by atoms with Crippen LogP contribution in [0, 0.1) is 0 Å². The van der Waals surface area contributed by atoms with Crippen LogP contribution in [0.1, 0.15) is 44.8 Å². The number of benzene rings is 1. The summed E-state index contributed by atoms with van der Waals surface area (Å²) in [6.45, 7) is 6.35. The van der Waals surface area contributed by atoms with E-state index in [2.05, 4.69) is 37.3 Å². The topological polar surface area (TPSA) is 39.1 Å². The molecule has 2 rings (SSSR count). The smallest absolute Gasteiger partial charge is 0.165 e. The summed E-state index contributed by atoms with van der Waals surface area (Å²) >= 11 is 0. The number of nitrogens with one attached hydrogen (secondary N) is 1. The van der Waals surface area contributed by atoms with E-state index >= 15 is 0 Å². The predicted molar refractivity (Wildman–Crippen MR) is 81.2 cm³/mol. The molecule has 0 amide bonds. The molecule has 20 heavy (non-hydrogen) atoms. The Bertz CT molecular complexity index is 544. The third-order valence-electron chi connectivity index (χ3n) is 3.39. The summed E-state index contributed by atoms with van der Waals surface area (Å²) in [6.07, 6.45) is 4.71. The lowest BCUT2D eigenvalue weighted by atomic mass is 10.0. The van der Waals surface area contributed by atoms with E-state index in [1.807, 2.05) is 36.1 Å². The molecule has 1 atom stereocenters. The highest BCUT2D eigenvalue weighted by Gasteiger charge is 2.13. The molecule has 1 unspecified atom stereocenters. The molecule has 108 valence electrons. The van der Waals surface area contributed by atoms with Gasteiger partial charge in [0, 0.05) is 17.6 Å². The fourth-order valence-electron chi connectivity index (χ4n) is 2.22. The van der Waals surface area contributed by atoms with Crippen LogP contribution >= 0.6 is 0 Å². The van der Waals surface area contributed by atoms with Crippen molar-refractivity contribution in [2.24, 2.45) is 0 Å². The molecule has 0 radical (unpaired) electrons. The van der Waals surface area contributed by atoms with Crippen molar-refractivity contribution in [1.29, 1.82) is 0 Å². The summed E-state index contributed by atoms with van der Waals surface area (Å²) in [6, 6.07) is 8.78. The van der Waals surface area contributed by atoms with Crippen molar-refractivity contribution in [2.45, 2.75) is 39.3 Å². The number of para-hydroxylation sites is 1. The van der Waals surface area contributed by atoms with Crippen molar-refractivity contribution in [3.05, 3.63) is 42.2 Å². The van der Waals surface area contributed by atoms with Gasteiger partial charge in [-0.05, 0) is 33.4 Å². The van der Waals surface area contributed by atoms with Crippen LogP contribution in [0.2, 0.25) is 0 Å². The summed E-state index contributed by atoms with van der Waals surface area (Å²) < 4.78 is 7.90. The maximum Gasteiger partial charge on any atom is 0.165 e. The fraction of sp³-hybridized carbons (Fsp3) is 0.438. The Morgan fingerprint density at radius 2 is 2.05 bits per heavy atom. The zero-order valence-corrected chi connectivity index (χ0v) is 12.6. The molecule has 0 saturated carbocycles. The minimum Gasteiger partial charge on any atom is -0.454 e. The molecule has 0 aliphatic rings. The minimum absolute atomic E-state index is 0.298. The van der Waals surface area contributed by atoms with Crippen molar-refractivity contribution >= 4 is 0 Å². The van der Waals surface area contributed by atoms with Crippen molar-refractivity contribution in [3.63, 3.8) is 0 Å². The SMILES string of the molecule is CCC(NC)c1ccccc1Oc1cnn(C(C)C)c1. The Kier molecular flexibility index (Phi) is 4.79. The van der Waals surface area contributed by atoms with E-state index in [9.17, 15) is 0 Å². The molecule has 1 aromatic heterocycles. The van der Waals surface area contributed by atoms with Crippen LogP contribution < -0.4 is 10.1 Å². The number of ether oxygens (including phenoxy) is 1. The molecule has 4 nitrogen and oxygen atoms in total. The molecule has 0 bridgehead atoms. The first-order chi connectivity index (χ1) is 9.65. The van der Waals surface area contributed by atoms with E-state index in [0.29, 0.717) is 12.1 Å². The van der Waals surface area contributed by atoms with E-state index in [0.717, 1.165) is 17.9 Å². The quantitative estimate of drug-likeness (QED) is 0.866. The van der Waals surface area contributed by atoms with Crippen LogP contribution in [-0.4, -0.2) is 16.8 Å². The summed E-state index contributed by atoms with van der Waals surface area (Å²) in [5, 5.41) is 7.62. The lowest BCUT2D eigenvalue weighted by Gasteiger charge is -2.18. The van der Waals surface area contributed by atoms with Crippen LogP contribution in [0.5, 0.6) is 11.5 Å². The first-order valence-electron chi connectivity index (χ1n) is 7.13. The number of aromatic nitrogens is 2. The summed E-state index contributed by atoms with van der Waals surface area (Å²) in [5.41, 5.74) is 1.18. The normalized spacial score (nSPS) is 12.7. The monoisotopic (exact) mass is 273 g/mol. The molecule has 1 heterocycles. The molecule has 1 N–H and O–H groups in total. The Morgan fingerprint density at radius 3 is 2.65 bits per heavy atom. The Morgan fingerprint density at radius 1 is 1.30 bits per heavy atom. The van der Waals surface area contributed by atoms with Gasteiger partial charge in [0.15, 0.2) is 5.75 Å². The van der Waals surface area contributed by atoms with Gasteiger partial charge in [-0.15, -0.1) is 0 Å². The number of rotatable bonds is 6. The molecule has 4 heteroatoms. The molecule has 0 aliphatic heterocycles. The minimum atomic E-state index is 0.298. The molecule has 0 spiro atoms. The van der Waals surface area contributed by atoms with Gasteiger partial charge in [-0.2, -0.15) is 5.10 Å². The van der Waals surface area contributed by atoms with Gasteiger partial charge in [-0.1, -0.05) is 25.1 Å². The molecule has 0 aliphatic carbocycles. The van der Waals surface area contributed by atoms with Crippen molar-refractivity contribution < 1.29 is 4.74 Å². The largest absolute Gasteiger partial charge is 0.454 e. The van der Waals surface area contributed by atoms with Gasteiger partial charge in [-0.25, -0.2) is 0 Å². The average molecular weight is 273 g/mol. The van der Waals surface area contributed by atoms with Crippen molar-refractivity contribution in [1.82, 2.24) is 15.1 Å². The molecular formula is C16H23N3O. The highest BCUT2D eigenvalue weighted by Crippen LogP contribution is 2.30. The van der Waals surface area contributed by atoms with E-state index in [4.69, 9.17) is 4.74 Å². The molecule has 2 aromatic rings. The fourth-order valence-corrected chi connectivity index (χ4v) is 2.22. The maximum atomic E-state index is 6.00. The molecule has 0 fully saturated rings. The second-order valence-electron chi connectivity index (χ2n) is 5.14. The van der Waals surface area contributed by atoms with Gasteiger partial charge in [0.05, 0.1) is 12.4 Å². The second-order valence-corrected chi connectivity index (χ2v) is 5.14. The Balaban J connectivity index is 2.24. The maximum absolute atomic E-state index is 6.00. The van der Waals surface area contributed by atoms with Gasteiger partial charge in [0.2, 0.25) is 0 Å². The van der Waals surface area contributed by atoms with Gasteiger partial charge in [-0.3, -0.25) is 4.68 Å². The molecule has 1 aromatic carbocycles. The Labute approximate surface area is 120 Å². The second kappa shape index (κ2) is 6.57. The summed E-state index contributed by atoms with van der Waals surface area (Å²) in [7, 11) is 1.97. The van der Waals surface area contributed by atoms with Gasteiger partial charge in [0.1, 0.15) is 5.75 Å². The van der Waals surface area contributed by atoms with Crippen molar-refractivity contribution in [3.8, 4) is 11.5 Å². The first-order valence-corrected chi connectivity index (χ1v) is 7.13. The standard InChI is InChI=1S/C16H23N3O/c1-5-15(17-4)14-8-6-7-9-16(14)20-13-10-18-19(11-13)12(2)3/h6-12,15,17H,5H2,1-4H3. The van der Waals surface area contributed by atoms with Gasteiger partial charge in [0.25, 0.3) is 0 Å².